The van der Waals surface area contributed by atoms with Gasteiger partial charge in [0.25, 0.3) is 0 Å². The van der Waals surface area contributed by atoms with Crippen LogP contribution in [0, 0.1) is 0 Å². The molecule has 0 radical (unpaired) electrons. The van der Waals surface area contributed by atoms with E-state index < -0.39 is 12.1 Å². The Balaban J connectivity index is 2.83. The number of nitrogens with one attached hydrogen (secondary N) is 1. The lowest BCUT2D eigenvalue weighted by Crippen LogP contribution is -2.44. The van der Waals surface area contributed by atoms with Gasteiger partial charge in [0, 0.05) is 26.8 Å². The predicted octanol–water partition coefficient (Wildman–Crippen LogP) is 2.22. The lowest BCUT2D eigenvalue weighted by atomic mass is 10.3. The number of carbonyl (C=O) groups is 2. The maximum Gasteiger partial charge on any atom is 0.436 e. The van der Waals surface area contributed by atoms with Crippen LogP contribution >= 0.6 is 0 Å². The summed E-state index contributed by atoms with van der Waals surface area (Å²) in [6, 6.07) is 8.61. The molecule has 0 bridgehead atoms. The van der Waals surface area contributed by atoms with Gasteiger partial charge in [0.05, 0.1) is 6.61 Å². The average Bonchev–Trinajstić information content (AvgIpc) is 2.45. The van der Waals surface area contributed by atoms with Crippen LogP contribution in [-0.2, 0) is 4.74 Å². The molecule has 0 aromatic heterocycles. The summed E-state index contributed by atoms with van der Waals surface area (Å²) in [5.74, 6) is 0.182. The molecule has 0 heterocycles. The van der Waals surface area contributed by atoms with Crippen molar-refractivity contribution in [1.29, 1.82) is 0 Å². The number of aliphatic imine (C=N–C) groups is 1. The van der Waals surface area contributed by atoms with Crippen LogP contribution in [0.4, 0.5) is 15.3 Å². The van der Waals surface area contributed by atoms with Crippen molar-refractivity contribution in [3.05, 3.63) is 30.3 Å². The zero-order chi connectivity index (χ0) is 15.8. The van der Waals surface area contributed by atoms with Gasteiger partial charge in [0.1, 0.15) is 0 Å². The Hall–Kier alpha value is -2.57. The fraction of sp³-hybridized carbons (Fsp3) is 0.357. The van der Waals surface area contributed by atoms with Crippen LogP contribution in [-0.4, -0.2) is 55.6 Å². The molecule has 1 aromatic carbocycles. The van der Waals surface area contributed by atoms with Crippen LogP contribution in [0.25, 0.3) is 0 Å². The fourth-order valence-corrected chi connectivity index (χ4v) is 1.53. The third kappa shape index (κ3) is 5.13. The van der Waals surface area contributed by atoms with E-state index in [1.165, 1.54) is 11.9 Å². The number of benzene rings is 1. The van der Waals surface area contributed by atoms with Crippen molar-refractivity contribution in [3.63, 3.8) is 0 Å². The average molecular weight is 292 g/mol. The molecule has 1 rings (SSSR count). The Morgan fingerprint density at radius 3 is 2.33 bits per heavy atom. The quantitative estimate of drug-likeness (QED) is 0.670. The molecule has 0 saturated heterocycles. The molecule has 3 amide bonds. The smallest absolute Gasteiger partial charge is 0.436 e. The van der Waals surface area contributed by atoms with Gasteiger partial charge in [-0.1, -0.05) is 18.2 Å². The van der Waals surface area contributed by atoms with E-state index in [1.54, 1.807) is 38.1 Å². The van der Waals surface area contributed by atoms with Gasteiger partial charge in [0.15, 0.2) is 0 Å². The van der Waals surface area contributed by atoms with Crippen molar-refractivity contribution in [2.24, 2.45) is 4.99 Å². The number of para-hydroxylation sites is 1. The van der Waals surface area contributed by atoms with Crippen LogP contribution in [0.2, 0.25) is 0 Å². The zero-order valence-electron chi connectivity index (χ0n) is 12.7. The van der Waals surface area contributed by atoms with E-state index in [9.17, 15) is 9.59 Å². The molecule has 0 aliphatic rings. The number of urea groups is 1. The molecule has 7 heteroatoms. The highest BCUT2D eigenvalue weighted by Gasteiger charge is 2.18. The lowest BCUT2D eigenvalue weighted by Gasteiger charge is -2.24. The summed E-state index contributed by atoms with van der Waals surface area (Å²) in [5, 5.41) is 2.71. The van der Waals surface area contributed by atoms with Crippen LogP contribution < -0.4 is 5.32 Å². The molecular formula is C14H20N4O3. The molecule has 1 aromatic rings. The number of anilines is 1. The third-order valence-electron chi connectivity index (χ3n) is 2.49. The normalized spacial score (nSPS) is 10.8. The Labute approximate surface area is 124 Å². The first kappa shape index (κ1) is 16.5. The molecule has 0 fully saturated rings. The summed E-state index contributed by atoms with van der Waals surface area (Å²) >= 11 is 0. The van der Waals surface area contributed by atoms with Gasteiger partial charge in [-0.2, -0.15) is 0 Å². The predicted molar refractivity (Wildman–Crippen MR) is 81.4 cm³/mol. The van der Waals surface area contributed by atoms with Crippen molar-refractivity contribution >= 4 is 23.8 Å². The first-order valence-corrected chi connectivity index (χ1v) is 6.48. The molecule has 0 unspecified atom stereocenters. The Kier molecular flexibility index (Phi) is 6.19. The summed E-state index contributed by atoms with van der Waals surface area (Å²) in [4.78, 5) is 30.2. The summed E-state index contributed by atoms with van der Waals surface area (Å²) in [7, 11) is 4.89. The highest BCUT2D eigenvalue weighted by molar-refractivity contribution is 6.04. The standard InChI is InChI=1S/C14H20N4O3/c1-5-21-14(20)16-12(17(2)3)18(4)13(19)15-11-9-7-6-8-10-11/h6-10H,5H2,1-4H3,(H,15,19). The second-order valence-electron chi connectivity index (χ2n) is 4.36. The minimum atomic E-state index is -0.736. The number of amides is 3. The van der Waals surface area contributed by atoms with E-state index in [4.69, 9.17) is 4.74 Å². The molecule has 0 saturated carbocycles. The molecule has 0 aliphatic heterocycles. The van der Waals surface area contributed by atoms with Crippen molar-refractivity contribution in [3.8, 4) is 0 Å². The Morgan fingerprint density at radius 1 is 1.19 bits per heavy atom. The van der Waals surface area contributed by atoms with E-state index in [-0.39, 0.29) is 12.6 Å². The van der Waals surface area contributed by atoms with E-state index >= 15 is 0 Å². The monoisotopic (exact) mass is 292 g/mol. The van der Waals surface area contributed by atoms with E-state index in [0.29, 0.717) is 5.69 Å². The number of nitrogens with zero attached hydrogens (tertiary/aromatic N) is 3. The molecule has 114 valence electrons. The number of hydrogen-bond donors (Lipinski definition) is 1. The van der Waals surface area contributed by atoms with Crippen molar-refractivity contribution < 1.29 is 14.3 Å². The Morgan fingerprint density at radius 2 is 1.81 bits per heavy atom. The maximum atomic E-state index is 12.2. The number of guanidine groups is 1. The van der Waals surface area contributed by atoms with Crippen LogP contribution in [0.5, 0.6) is 0 Å². The van der Waals surface area contributed by atoms with E-state index in [2.05, 4.69) is 10.3 Å². The van der Waals surface area contributed by atoms with Gasteiger partial charge in [-0.15, -0.1) is 4.99 Å². The second kappa shape index (κ2) is 7.88. The lowest BCUT2D eigenvalue weighted by molar-refractivity contribution is 0.162. The number of hydrogen-bond acceptors (Lipinski definition) is 3. The summed E-state index contributed by atoms with van der Waals surface area (Å²) < 4.78 is 4.76. The highest BCUT2D eigenvalue weighted by Crippen LogP contribution is 2.07. The van der Waals surface area contributed by atoms with Crippen LogP contribution in [0.1, 0.15) is 6.92 Å². The fourth-order valence-electron chi connectivity index (χ4n) is 1.53. The van der Waals surface area contributed by atoms with Crippen molar-refractivity contribution in [1.82, 2.24) is 9.80 Å². The summed E-state index contributed by atoms with van der Waals surface area (Å²) in [6.45, 7) is 1.91. The molecule has 0 spiro atoms. The maximum absolute atomic E-state index is 12.2. The molecule has 1 N–H and O–H groups in total. The first-order valence-electron chi connectivity index (χ1n) is 6.48. The minimum Gasteiger partial charge on any atom is -0.448 e. The summed E-state index contributed by atoms with van der Waals surface area (Å²) in [6.07, 6.45) is -0.736. The van der Waals surface area contributed by atoms with Crippen molar-refractivity contribution in [2.45, 2.75) is 6.92 Å². The Bertz CT molecular complexity index is 514. The summed E-state index contributed by atoms with van der Waals surface area (Å²) in [5.41, 5.74) is 0.656. The first-order chi connectivity index (χ1) is 9.95. The molecule has 0 atom stereocenters. The van der Waals surface area contributed by atoms with Gasteiger partial charge < -0.3 is 15.0 Å². The van der Waals surface area contributed by atoms with Gasteiger partial charge >= 0.3 is 12.1 Å². The van der Waals surface area contributed by atoms with Gasteiger partial charge in [-0.25, -0.2) is 9.59 Å². The second-order valence-corrected chi connectivity index (χ2v) is 4.36. The number of ether oxygens (including phenoxy) is 1. The van der Waals surface area contributed by atoms with Crippen LogP contribution in [0.3, 0.4) is 0 Å². The molecule has 0 aliphatic carbocycles. The highest BCUT2D eigenvalue weighted by atomic mass is 16.5. The van der Waals surface area contributed by atoms with Crippen molar-refractivity contribution in [2.75, 3.05) is 33.1 Å². The van der Waals surface area contributed by atoms with E-state index in [1.807, 2.05) is 18.2 Å². The van der Waals surface area contributed by atoms with Gasteiger partial charge in [-0.05, 0) is 19.1 Å². The topological polar surface area (TPSA) is 74.2 Å². The number of carbonyl (C=O) groups excluding carboxylic acids is 2. The molecule has 21 heavy (non-hydrogen) atoms. The SMILES string of the molecule is CCOC(=O)N=C(N(C)C)N(C)C(=O)Nc1ccccc1. The van der Waals surface area contributed by atoms with Crippen LogP contribution in [0.15, 0.2) is 35.3 Å². The third-order valence-corrected chi connectivity index (χ3v) is 2.49. The largest absolute Gasteiger partial charge is 0.448 e. The molecule has 7 nitrogen and oxygen atoms in total. The minimum absolute atomic E-state index is 0.182. The number of rotatable bonds is 2. The van der Waals surface area contributed by atoms with Gasteiger partial charge in [-0.3, -0.25) is 4.90 Å². The zero-order valence-corrected chi connectivity index (χ0v) is 12.7. The molecular weight excluding hydrogens is 272 g/mol. The van der Waals surface area contributed by atoms with E-state index in [0.717, 1.165) is 0 Å². The van der Waals surface area contributed by atoms with Gasteiger partial charge in [0.2, 0.25) is 5.96 Å².